The monoisotopic (exact) mass is 344 g/mol. The number of halogens is 9. The molecule has 0 atom stereocenters. The summed E-state index contributed by atoms with van der Waals surface area (Å²) in [5, 5.41) is 0. The molecule has 4 nitrogen and oxygen atoms in total. The summed E-state index contributed by atoms with van der Waals surface area (Å²) in [4.78, 5) is 0. The van der Waals surface area contributed by atoms with Crippen LogP contribution in [-0.4, -0.2) is 38.3 Å². The summed E-state index contributed by atoms with van der Waals surface area (Å²) in [5.41, 5.74) is 0. The lowest BCUT2D eigenvalue weighted by molar-refractivity contribution is -0.180. The molecule has 0 aliphatic carbocycles. The van der Waals surface area contributed by atoms with Gasteiger partial charge in [-0.25, -0.2) is 4.57 Å². The molecule has 0 spiro atoms. The zero-order valence-corrected chi connectivity index (χ0v) is 10.00. The maximum atomic E-state index is 11.7. The van der Waals surface area contributed by atoms with Gasteiger partial charge in [0.15, 0.2) is 19.8 Å². The molecule has 0 aliphatic rings. The van der Waals surface area contributed by atoms with E-state index in [9.17, 15) is 44.1 Å². The molecular formula is C6H6F9O4P. The van der Waals surface area contributed by atoms with Crippen LogP contribution in [0.15, 0.2) is 0 Å². The molecule has 14 heteroatoms. The minimum atomic E-state index is -5.67. The van der Waals surface area contributed by atoms with Crippen molar-refractivity contribution >= 4 is 7.82 Å². The highest BCUT2D eigenvalue weighted by Crippen LogP contribution is 2.52. The van der Waals surface area contributed by atoms with E-state index < -0.39 is 46.2 Å². The van der Waals surface area contributed by atoms with Gasteiger partial charge in [-0.05, 0) is 0 Å². The Morgan fingerprint density at radius 1 is 0.600 bits per heavy atom. The predicted molar refractivity (Wildman–Crippen MR) is 43.6 cm³/mol. The zero-order chi connectivity index (χ0) is 16.2. The minimum Gasteiger partial charge on any atom is -0.277 e. The van der Waals surface area contributed by atoms with Gasteiger partial charge in [-0.15, -0.1) is 0 Å². The van der Waals surface area contributed by atoms with Gasteiger partial charge in [0.2, 0.25) is 0 Å². The van der Waals surface area contributed by atoms with Crippen molar-refractivity contribution in [2.24, 2.45) is 0 Å². The molecule has 0 aliphatic heterocycles. The quantitative estimate of drug-likeness (QED) is 0.543. The second-order valence-electron chi connectivity index (χ2n) is 3.11. The van der Waals surface area contributed by atoms with Gasteiger partial charge in [0, 0.05) is 0 Å². The summed E-state index contributed by atoms with van der Waals surface area (Å²) in [6, 6.07) is 0. The largest absolute Gasteiger partial charge is 0.475 e. The lowest BCUT2D eigenvalue weighted by Crippen LogP contribution is -2.23. The van der Waals surface area contributed by atoms with Crippen molar-refractivity contribution in [2.75, 3.05) is 19.8 Å². The van der Waals surface area contributed by atoms with Crippen molar-refractivity contribution in [3.63, 3.8) is 0 Å². The average molecular weight is 344 g/mol. The summed E-state index contributed by atoms with van der Waals surface area (Å²) >= 11 is 0. The fraction of sp³-hybridized carbons (Fsp3) is 1.00. The average Bonchev–Trinajstić information content (AvgIpc) is 2.18. The molecule has 0 aromatic heterocycles. The van der Waals surface area contributed by atoms with E-state index in [1.54, 1.807) is 0 Å². The van der Waals surface area contributed by atoms with Crippen LogP contribution in [0.25, 0.3) is 0 Å². The van der Waals surface area contributed by atoms with E-state index in [1.165, 1.54) is 0 Å². The normalized spacial score (nSPS) is 14.7. The van der Waals surface area contributed by atoms with Crippen molar-refractivity contribution in [2.45, 2.75) is 18.5 Å². The Labute approximate surface area is 105 Å². The van der Waals surface area contributed by atoms with Crippen LogP contribution in [0.1, 0.15) is 0 Å². The molecule has 0 saturated carbocycles. The van der Waals surface area contributed by atoms with Gasteiger partial charge in [0.25, 0.3) is 0 Å². The second-order valence-corrected chi connectivity index (χ2v) is 4.78. The van der Waals surface area contributed by atoms with Crippen LogP contribution in [0.4, 0.5) is 39.5 Å². The molecule has 0 heterocycles. The first kappa shape index (κ1) is 19.5. The van der Waals surface area contributed by atoms with E-state index in [1.807, 2.05) is 0 Å². The van der Waals surface area contributed by atoms with Gasteiger partial charge < -0.3 is 0 Å². The second kappa shape index (κ2) is 6.50. The Morgan fingerprint density at radius 2 is 0.800 bits per heavy atom. The first-order chi connectivity index (χ1) is 8.62. The Hall–Kier alpha value is -0.520. The summed E-state index contributed by atoms with van der Waals surface area (Å²) in [6.45, 7) is -7.21. The summed E-state index contributed by atoms with van der Waals surface area (Å²) < 4.78 is 127. The topological polar surface area (TPSA) is 44.8 Å². The third kappa shape index (κ3) is 11.3. The molecule has 0 aromatic carbocycles. The Bertz CT molecular complexity index is 294. The molecule has 0 saturated heterocycles. The first-order valence-electron chi connectivity index (χ1n) is 4.36. The standard InChI is InChI=1S/C6H6F9O4P/c7-4(8,9)1-17-20(16,18-2-5(10,11)12)19-3-6(13,14)15/h1-3H2. The van der Waals surface area contributed by atoms with Crippen molar-refractivity contribution in [1.29, 1.82) is 0 Å². The van der Waals surface area contributed by atoms with E-state index in [-0.39, 0.29) is 0 Å². The predicted octanol–water partition coefficient (Wildman–Crippen LogP) is 3.83. The van der Waals surface area contributed by atoms with Crippen LogP contribution in [0.2, 0.25) is 0 Å². The SMILES string of the molecule is O=P(OCC(F)(F)F)(OCC(F)(F)F)OCC(F)(F)F. The van der Waals surface area contributed by atoms with Gasteiger partial charge in [0.1, 0.15) is 0 Å². The number of alkyl halides is 9. The van der Waals surface area contributed by atoms with Gasteiger partial charge in [-0.2, -0.15) is 39.5 Å². The lowest BCUT2D eigenvalue weighted by atomic mass is 10.7. The van der Waals surface area contributed by atoms with Crippen LogP contribution in [0.3, 0.4) is 0 Å². The number of rotatable bonds is 6. The lowest BCUT2D eigenvalue weighted by Gasteiger charge is -2.20. The summed E-state index contributed by atoms with van der Waals surface area (Å²) in [5.74, 6) is 0. The highest BCUT2D eigenvalue weighted by atomic mass is 31.2. The Morgan fingerprint density at radius 3 is 0.950 bits per heavy atom. The van der Waals surface area contributed by atoms with Crippen LogP contribution < -0.4 is 0 Å². The van der Waals surface area contributed by atoms with Crippen LogP contribution >= 0.6 is 7.82 Å². The van der Waals surface area contributed by atoms with Crippen molar-refractivity contribution in [3.05, 3.63) is 0 Å². The third-order valence-electron chi connectivity index (χ3n) is 1.16. The molecule has 0 radical (unpaired) electrons. The van der Waals surface area contributed by atoms with Crippen LogP contribution in [0, 0.1) is 0 Å². The van der Waals surface area contributed by atoms with Gasteiger partial charge in [-0.1, -0.05) is 0 Å². The van der Waals surface area contributed by atoms with Crippen LogP contribution in [-0.2, 0) is 18.1 Å². The third-order valence-corrected chi connectivity index (χ3v) is 2.49. The number of phosphoric ester groups is 1. The zero-order valence-electron chi connectivity index (χ0n) is 9.10. The van der Waals surface area contributed by atoms with E-state index >= 15 is 0 Å². The molecule has 0 amide bonds. The molecular weight excluding hydrogens is 338 g/mol. The maximum Gasteiger partial charge on any atom is 0.475 e. The number of hydrogen-bond acceptors (Lipinski definition) is 4. The van der Waals surface area contributed by atoms with Crippen molar-refractivity contribution in [3.8, 4) is 0 Å². The van der Waals surface area contributed by atoms with Gasteiger partial charge in [0.05, 0.1) is 0 Å². The summed E-state index contributed by atoms with van der Waals surface area (Å²) in [7, 11) is -5.67. The van der Waals surface area contributed by atoms with Gasteiger partial charge >= 0.3 is 26.4 Å². The number of hydrogen-bond donors (Lipinski definition) is 0. The fourth-order valence-electron chi connectivity index (χ4n) is 0.569. The van der Waals surface area contributed by atoms with E-state index in [2.05, 4.69) is 13.6 Å². The molecule has 0 rings (SSSR count). The Kier molecular flexibility index (Phi) is 6.33. The molecule has 0 fully saturated rings. The fourth-order valence-corrected chi connectivity index (χ4v) is 1.71. The molecule has 0 unspecified atom stereocenters. The molecule has 0 aromatic rings. The van der Waals surface area contributed by atoms with Gasteiger partial charge in [-0.3, -0.25) is 13.6 Å². The molecule has 122 valence electrons. The minimum absolute atomic E-state index is 2.40. The Balaban J connectivity index is 4.71. The highest BCUT2D eigenvalue weighted by Gasteiger charge is 2.42. The number of phosphoric acid groups is 1. The summed E-state index contributed by atoms with van der Waals surface area (Å²) in [6.07, 6.45) is -15.5. The first-order valence-corrected chi connectivity index (χ1v) is 5.82. The van der Waals surface area contributed by atoms with E-state index in [4.69, 9.17) is 0 Å². The molecule has 20 heavy (non-hydrogen) atoms. The van der Waals surface area contributed by atoms with E-state index in [0.29, 0.717) is 0 Å². The smallest absolute Gasteiger partial charge is 0.277 e. The highest BCUT2D eigenvalue weighted by molar-refractivity contribution is 7.48. The maximum absolute atomic E-state index is 11.7. The van der Waals surface area contributed by atoms with Crippen molar-refractivity contribution < 1.29 is 57.7 Å². The molecule has 0 N–H and O–H groups in total. The van der Waals surface area contributed by atoms with Crippen LogP contribution in [0.5, 0.6) is 0 Å². The van der Waals surface area contributed by atoms with E-state index in [0.717, 1.165) is 0 Å². The molecule has 0 bridgehead atoms. The van der Waals surface area contributed by atoms with Crippen molar-refractivity contribution in [1.82, 2.24) is 0 Å².